The summed E-state index contributed by atoms with van der Waals surface area (Å²) in [7, 11) is -1.48. The Bertz CT molecular complexity index is 1510. The van der Waals surface area contributed by atoms with E-state index in [1.54, 1.807) is 43.3 Å². The van der Waals surface area contributed by atoms with Crippen LogP contribution in [0.2, 0.25) is 0 Å². The van der Waals surface area contributed by atoms with Gasteiger partial charge in [-0.2, -0.15) is 0 Å². The predicted molar refractivity (Wildman–Crippen MR) is 162 cm³/mol. The molecule has 0 bridgehead atoms. The minimum absolute atomic E-state index is 0.00915. The van der Waals surface area contributed by atoms with E-state index < -0.39 is 34.3 Å². The molecular weight excluding hydrogens is 573 g/mol. The number of ether oxygens (including phenoxy) is 2. The number of rotatable bonds is 12. The molecule has 0 spiro atoms. The Labute approximate surface area is 252 Å². The van der Waals surface area contributed by atoms with Crippen molar-refractivity contribution in [1.29, 1.82) is 0 Å². The van der Waals surface area contributed by atoms with Crippen molar-refractivity contribution in [2.24, 2.45) is 0 Å². The van der Waals surface area contributed by atoms with Gasteiger partial charge in [0.15, 0.2) is 0 Å². The number of anilines is 1. The molecule has 1 aliphatic rings. The quantitative estimate of drug-likeness (QED) is 0.312. The number of nitrogens with one attached hydrogen (secondary N) is 1. The smallest absolute Gasteiger partial charge is 0.264 e. The largest absolute Gasteiger partial charge is 0.497 e. The highest BCUT2D eigenvalue weighted by atomic mass is 32.2. The van der Waals surface area contributed by atoms with Crippen molar-refractivity contribution in [3.05, 3.63) is 84.2 Å². The van der Waals surface area contributed by atoms with E-state index in [4.69, 9.17) is 9.47 Å². The molecule has 230 valence electrons. The first-order valence-electron chi connectivity index (χ1n) is 14.3. The Hall–Kier alpha value is -4.12. The Balaban J connectivity index is 1.74. The molecule has 0 saturated heterocycles. The maximum atomic E-state index is 14.8. The highest BCUT2D eigenvalue weighted by molar-refractivity contribution is 7.92. The molecule has 0 aromatic heterocycles. The molecule has 1 fully saturated rings. The fourth-order valence-corrected chi connectivity index (χ4v) is 6.62. The van der Waals surface area contributed by atoms with Gasteiger partial charge < -0.3 is 19.7 Å². The summed E-state index contributed by atoms with van der Waals surface area (Å²) < 4.78 is 54.7. The molecule has 0 heterocycles. The van der Waals surface area contributed by atoms with Gasteiger partial charge in [0, 0.05) is 24.2 Å². The molecule has 3 aromatic rings. The summed E-state index contributed by atoms with van der Waals surface area (Å²) in [6.07, 6.45) is 4.81. The van der Waals surface area contributed by atoms with E-state index in [0.717, 1.165) is 36.4 Å². The van der Waals surface area contributed by atoms with Crippen LogP contribution >= 0.6 is 0 Å². The van der Waals surface area contributed by atoms with Crippen LogP contribution in [0.15, 0.2) is 77.7 Å². The minimum atomic E-state index is -4.31. The fraction of sp³-hybridized carbons (Fsp3) is 0.375. The number of sulfonamides is 1. The van der Waals surface area contributed by atoms with Crippen molar-refractivity contribution in [3.63, 3.8) is 0 Å². The lowest BCUT2D eigenvalue weighted by Crippen LogP contribution is -2.53. The lowest BCUT2D eigenvalue weighted by atomic mass is 9.95. The van der Waals surface area contributed by atoms with Gasteiger partial charge in [0.2, 0.25) is 11.8 Å². The van der Waals surface area contributed by atoms with Crippen molar-refractivity contribution in [2.45, 2.75) is 62.6 Å². The lowest BCUT2D eigenvalue weighted by Gasteiger charge is -2.33. The van der Waals surface area contributed by atoms with Crippen molar-refractivity contribution in [1.82, 2.24) is 10.2 Å². The van der Waals surface area contributed by atoms with Crippen LogP contribution < -0.4 is 19.1 Å². The molecule has 1 saturated carbocycles. The zero-order valence-corrected chi connectivity index (χ0v) is 25.5. The molecule has 9 nitrogen and oxygen atoms in total. The molecule has 0 radical (unpaired) electrons. The highest BCUT2D eigenvalue weighted by Gasteiger charge is 2.35. The number of hydrogen-bond donors (Lipinski definition) is 1. The number of halogens is 1. The van der Waals surface area contributed by atoms with Crippen LogP contribution in [0.1, 0.15) is 44.6 Å². The molecule has 1 N–H and O–H groups in total. The van der Waals surface area contributed by atoms with Gasteiger partial charge in [-0.15, -0.1) is 0 Å². The van der Waals surface area contributed by atoms with Gasteiger partial charge in [0.25, 0.3) is 10.0 Å². The number of hydrogen-bond acceptors (Lipinski definition) is 6. The van der Waals surface area contributed by atoms with E-state index in [-0.39, 0.29) is 40.4 Å². The van der Waals surface area contributed by atoms with Crippen LogP contribution in [0.4, 0.5) is 10.1 Å². The number of carbonyl (C=O) groups excluding carboxylic acids is 2. The van der Waals surface area contributed by atoms with E-state index in [1.165, 1.54) is 55.5 Å². The first-order chi connectivity index (χ1) is 20.6. The van der Waals surface area contributed by atoms with Gasteiger partial charge in [-0.1, -0.05) is 55.7 Å². The molecule has 2 amide bonds. The summed E-state index contributed by atoms with van der Waals surface area (Å²) in [5.41, 5.74) is 0.272. The maximum absolute atomic E-state index is 14.8. The number of benzene rings is 3. The zero-order chi connectivity index (χ0) is 31.0. The number of carbonyl (C=O) groups is 2. The van der Waals surface area contributed by atoms with E-state index >= 15 is 0 Å². The highest BCUT2D eigenvalue weighted by Crippen LogP contribution is 2.36. The minimum Gasteiger partial charge on any atom is -0.497 e. The van der Waals surface area contributed by atoms with E-state index in [9.17, 15) is 22.4 Å². The summed E-state index contributed by atoms with van der Waals surface area (Å²) in [6.45, 7) is 0.647. The maximum Gasteiger partial charge on any atom is 0.264 e. The standard InChI is InChI=1S/C32H38FN3O6S/c1-23(32(38)34-25-13-6-4-7-14-25)35(21-24-12-10-11-17-28(24)33)31(37)22-36(43(39,40)27-15-8-5-9-16-27)29-20-26(41-2)18-19-30(29)42-3/h5,8-12,15-20,23,25H,4,6-7,13-14,21-22H2,1-3H3,(H,34,38)/t23-/m0/s1. The van der Waals surface area contributed by atoms with Crippen LogP contribution in [0.5, 0.6) is 11.5 Å². The normalized spacial score (nSPS) is 14.4. The number of methoxy groups -OCH3 is 2. The fourth-order valence-electron chi connectivity index (χ4n) is 5.19. The summed E-state index contributed by atoms with van der Waals surface area (Å²) >= 11 is 0. The summed E-state index contributed by atoms with van der Waals surface area (Å²) in [6, 6.07) is 17.3. The Morgan fingerprint density at radius 1 is 0.953 bits per heavy atom. The molecule has 0 aliphatic heterocycles. The number of amides is 2. The molecule has 1 atom stereocenters. The van der Waals surface area contributed by atoms with Gasteiger partial charge in [0.1, 0.15) is 29.9 Å². The van der Waals surface area contributed by atoms with Crippen LogP contribution in [-0.4, -0.2) is 58.0 Å². The van der Waals surface area contributed by atoms with Gasteiger partial charge >= 0.3 is 0 Å². The lowest BCUT2D eigenvalue weighted by molar-refractivity contribution is -0.139. The van der Waals surface area contributed by atoms with Crippen LogP contribution in [-0.2, 0) is 26.2 Å². The first-order valence-corrected chi connectivity index (χ1v) is 15.7. The Morgan fingerprint density at radius 3 is 2.28 bits per heavy atom. The summed E-state index contributed by atoms with van der Waals surface area (Å²) in [5, 5.41) is 3.03. The summed E-state index contributed by atoms with van der Waals surface area (Å²) in [5.74, 6) is -1.08. The third kappa shape index (κ3) is 7.64. The second kappa shape index (κ2) is 14.4. The van der Waals surface area contributed by atoms with Gasteiger partial charge in [-0.25, -0.2) is 12.8 Å². The SMILES string of the molecule is COc1ccc(OC)c(N(CC(=O)N(Cc2ccccc2F)[C@@H](C)C(=O)NC2CCCCC2)S(=O)(=O)c2ccccc2)c1. The third-order valence-corrected chi connectivity index (χ3v) is 9.46. The first kappa shape index (κ1) is 31.8. The molecule has 43 heavy (non-hydrogen) atoms. The molecule has 3 aromatic carbocycles. The average Bonchev–Trinajstić information content (AvgIpc) is 3.03. The van der Waals surface area contributed by atoms with Crippen molar-refractivity contribution in [3.8, 4) is 11.5 Å². The van der Waals surface area contributed by atoms with Crippen LogP contribution in [0.3, 0.4) is 0 Å². The Kier molecular flexibility index (Phi) is 10.6. The van der Waals surface area contributed by atoms with E-state index in [2.05, 4.69) is 5.32 Å². The van der Waals surface area contributed by atoms with E-state index in [0.29, 0.717) is 5.75 Å². The van der Waals surface area contributed by atoms with E-state index in [1.807, 2.05) is 0 Å². The topological polar surface area (TPSA) is 105 Å². The van der Waals surface area contributed by atoms with Crippen molar-refractivity contribution >= 4 is 27.5 Å². The zero-order valence-electron chi connectivity index (χ0n) is 24.7. The summed E-state index contributed by atoms with van der Waals surface area (Å²) in [4.78, 5) is 28.8. The number of nitrogens with zero attached hydrogens (tertiary/aromatic N) is 2. The molecular formula is C32H38FN3O6S. The third-order valence-electron chi connectivity index (χ3n) is 7.68. The van der Waals surface area contributed by atoms with Crippen molar-refractivity contribution < 1.29 is 31.9 Å². The van der Waals surface area contributed by atoms with Gasteiger partial charge in [0.05, 0.1) is 24.8 Å². The molecule has 4 rings (SSSR count). The second-order valence-corrected chi connectivity index (χ2v) is 12.4. The average molecular weight is 612 g/mol. The second-order valence-electron chi connectivity index (χ2n) is 10.5. The van der Waals surface area contributed by atoms with Crippen LogP contribution in [0, 0.1) is 5.82 Å². The van der Waals surface area contributed by atoms with Gasteiger partial charge in [-0.3, -0.25) is 13.9 Å². The van der Waals surface area contributed by atoms with Crippen LogP contribution in [0.25, 0.3) is 0 Å². The molecule has 0 unspecified atom stereocenters. The molecule has 11 heteroatoms. The van der Waals surface area contributed by atoms with Crippen molar-refractivity contribution in [2.75, 3.05) is 25.1 Å². The predicted octanol–water partition coefficient (Wildman–Crippen LogP) is 4.90. The monoisotopic (exact) mass is 611 g/mol. The Morgan fingerprint density at radius 2 is 1.63 bits per heavy atom. The molecule has 1 aliphatic carbocycles. The van der Waals surface area contributed by atoms with Gasteiger partial charge in [-0.05, 0) is 50.1 Å².